The molecule has 0 aliphatic carbocycles. The van der Waals surface area contributed by atoms with Crippen molar-refractivity contribution in [2.45, 2.75) is 39.5 Å². The summed E-state index contributed by atoms with van der Waals surface area (Å²) in [5, 5.41) is 10.3. The lowest BCUT2D eigenvalue weighted by molar-refractivity contribution is 0.0947. The largest absolute Gasteiger partial charge is 0.352 e. The van der Waals surface area contributed by atoms with Crippen LogP contribution >= 0.6 is 0 Å². The molecule has 7 heteroatoms. The van der Waals surface area contributed by atoms with Gasteiger partial charge in [0.2, 0.25) is 0 Å². The number of nitrogens with one attached hydrogen (secondary N) is 2. The van der Waals surface area contributed by atoms with Crippen LogP contribution < -0.4 is 10.6 Å². The molecular formula is C39H41N5O2. The highest BCUT2D eigenvalue weighted by Gasteiger charge is 2.14. The molecule has 4 aromatic carbocycles. The third-order valence-electron chi connectivity index (χ3n) is 8.71. The van der Waals surface area contributed by atoms with Crippen molar-refractivity contribution >= 4 is 55.4 Å². The van der Waals surface area contributed by atoms with Gasteiger partial charge < -0.3 is 15.5 Å². The Kier molecular flexibility index (Phi) is 9.50. The Bertz CT molecular complexity index is 1910. The Morgan fingerprint density at radius 2 is 1.07 bits per heavy atom. The van der Waals surface area contributed by atoms with Gasteiger partial charge in [-0.2, -0.15) is 0 Å². The molecule has 0 radical (unpaired) electrons. The lowest BCUT2D eigenvalue weighted by Gasteiger charge is -2.17. The maximum Gasteiger partial charge on any atom is 0.253 e. The number of fused-ring (bicyclic) bond motifs is 4. The van der Waals surface area contributed by atoms with Gasteiger partial charge in [0.1, 0.15) is 0 Å². The van der Waals surface area contributed by atoms with Crippen LogP contribution in [0, 0.1) is 0 Å². The van der Waals surface area contributed by atoms with E-state index >= 15 is 0 Å². The first kappa shape index (κ1) is 31.1. The van der Waals surface area contributed by atoms with Crippen molar-refractivity contribution < 1.29 is 9.59 Å². The van der Waals surface area contributed by atoms with Crippen molar-refractivity contribution in [3.63, 3.8) is 0 Å². The van der Waals surface area contributed by atoms with Crippen LogP contribution in [0.5, 0.6) is 0 Å². The Morgan fingerprint density at radius 1 is 0.609 bits per heavy atom. The summed E-state index contributed by atoms with van der Waals surface area (Å²) < 4.78 is 0. The maximum absolute atomic E-state index is 13.1. The van der Waals surface area contributed by atoms with Crippen molar-refractivity contribution in [2.75, 3.05) is 33.2 Å². The van der Waals surface area contributed by atoms with Gasteiger partial charge in [0, 0.05) is 34.6 Å². The van der Waals surface area contributed by atoms with E-state index in [4.69, 9.17) is 9.97 Å². The molecule has 234 valence electrons. The zero-order valence-electron chi connectivity index (χ0n) is 26.9. The summed E-state index contributed by atoms with van der Waals surface area (Å²) in [5.74, 6) is -0.204. The molecule has 0 bridgehead atoms. The van der Waals surface area contributed by atoms with Gasteiger partial charge in [0.15, 0.2) is 0 Å². The Hall–Kier alpha value is -4.88. The molecule has 2 heterocycles. The molecule has 2 amide bonds. The molecule has 7 nitrogen and oxygen atoms in total. The highest BCUT2D eigenvalue weighted by atomic mass is 16.2. The smallest absolute Gasteiger partial charge is 0.253 e. The third-order valence-corrected chi connectivity index (χ3v) is 8.71. The van der Waals surface area contributed by atoms with E-state index in [9.17, 15) is 9.59 Å². The quantitative estimate of drug-likeness (QED) is 0.114. The van der Waals surface area contributed by atoms with Crippen molar-refractivity contribution in [3.05, 3.63) is 107 Å². The van der Waals surface area contributed by atoms with E-state index in [2.05, 4.69) is 72.8 Å². The second-order valence-electron chi connectivity index (χ2n) is 12.0. The van der Waals surface area contributed by atoms with Crippen LogP contribution in [0.4, 0.5) is 0 Å². The minimum atomic E-state index is -0.102. The highest BCUT2D eigenvalue weighted by molar-refractivity contribution is 6.08. The van der Waals surface area contributed by atoms with Crippen LogP contribution in [-0.2, 0) is 12.8 Å². The number of aromatic nitrogens is 2. The zero-order valence-corrected chi connectivity index (χ0v) is 26.9. The number of benzene rings is 4. The number of pyridine rings is 2. The molecule has 46 heavy (non-hydrogen) atoms. The number of carbonyl (C=O) groups is 2. The Labute approximate surface area is 270 Å². The lowest BCUT2D eigenvalue weighted by atomic mass is 10.0. The van der Waals surface area contributed by atoms with E-state index in [1.54, 1.807) is 0 Å². The fourth-order valence-electron chi connectivity index (χ4n) is 6.03. The second-order valence-corrected chi connectivity index (χ2v) is 12.0. The summed E-state index contributed by atoms with van der Waals surface area (Å²) in [4.78, 5) is 38.1. The van der Waals surface area contributed by atoms with Gasteiger partial charge >= 0.3 is 0 Å². The van der Waals surface area contributed by atoms with E-state index in [1.165, 1.54) is 11.1 Å². The molecule has 2 N–H and O–H groups in total. The SMILES string of the molecule is CCc1ccc2nc3c(C(=O)NCCCN(C)CCCNC(=O)c4cccc5cc6cc(CC)ccc6nc45)cccc3cc2c1. The number of para-hydroxylation sites is 2. The zero-order chi connectivity index (χ0) is 32.0. The van der Waals surface area contributed by atoms with Crippen molar-refractivity contribution in [2.24, 2.45) is 0 Å². The highest BCUT2D eigenvalue weighted by Crippen LogP contribution is 2.25. The predicted octanol–water partition coefficient (Wildman–Crippen LogP) is 7.09. The summed E-state index contributed by atoms with van der Waals surface area (Å²) in [6.07, 6.45) is 3.60. The van der Waals surface area contributed by atoms with E-state index in [0.29, 0.717) is 24.2 Å². The van der Waals surface area contributed by atoms with E-state index in [-0.39, 0.29) is 11.8 Å². The lowest BCUT2D eigenvalue weighted by Crippen LogP contribution is -2.31. The average Bonchev–Trinajstić information content (AvgIpc) is 3.08. The number of nitrogens with zero attached hydrogens (tertiary/aromatic N) is 3. The topological polar surface area (TPSA) is 87.2 Å². The van der Waals surface area contributed by atoms with E-state index in [0.717, 1.165) is 82.4 Å². The van der Waals surface area contributed by atoms with Crippen LogP contribution in [0.3, 0.4) is 0 Å². The maximum atomic E-state index is 13.1. The van der Waals surface area contributed by atoms with Crippen LogP contribution in [0.15, 0.2) is 84.9 Å². The van der Waals surface area contributed by atoms with Crippen LogP contribution in [0.25, 0.3) is 43.6 Å². The second kappa shape index (κ2) is 14.0. The number of carbonyl (C=O) groups excluding carboxylic acids is 2. The van der Waals surface area contributed by atoms with Gasteiger partial charge in [-0.1, -0.05) is 50.2 Å². The molecule has 6 rings (SSSR count). The minimum Gasteiger partial charge on any atom is -0.352 e. The van der Waals surface area contributed by atoms with Gasteiger partial charge in [-0.05, 0) is 105 Å². The molecule has 6 aromatic rings. The summed E-state index contributed by atoms with van der Waals surface area (Å²) in [6, 6.07) is 28.4. The molecule has 0 aliphatic rings. The fraction of sp³-hybridized carbons (Fsp3) is 0.282. The summed E-state index contributed by atoms with van der Waals surface area (Å²) in [5.41, 5.74) is 7.01. The van der Waals surface area contributed by atoms with Crippen molar-refractivity contribution in [1.29, 1.82) is 0 Å². The van der Waals surface area contributed by atoms with Gasteiger partial charge in [-0.15, -0.1) is 0 Å². The van der Waals surface area contributed by atoms with Crippen molar-refractivity contribution in [3.8, 4) is 0 Å². The normalized spacial score (nSPS) is 11.6. The molecular weight excluding hydrogens is 570 g/mol. The first-order valence-electron chi connectivity index (χ1n) is 16.3. The molecule has 0 spiro atoms. The molecule has 0 unspecified atom stereocenters. The molecule has 0 fully saturated rings. The number of hydrogen-bond donors (Lipinski definition) is 2. The Balaban J connectivity index is 0.964. The van der Waals surface area contributed by atoms with E-state index in [1.807, 2.05) is 48.5 Å². The van der Waals surface area contributed by atoms with Gasteiger partial charge in [-0.3, -0.25) is 9.59 Å². The monoisotopic (exact) mass is 611 g/mol. The first-order chi connectivity index (χ1) is 22.4. The number of rotatable bonds is 12. The molecule has 2 aromatic heterocycles. The van der Waals surface area contributed by atoms with Crippen LogP contribution in [-0.4, -0.2) is 59.9 Å². The first-order valence-corrected chi connectivity index (χ1v) is 16.3. The summed E-state index contributed by atoms with van der Waals surface area (Å²) in [7, 11) is 2.07. The molecule has 0 saturated heterocycles. The van der Waals surface area contributed by atoms with E-state index < -0.39 is 0 Å². The predicted molar refractivity (Wildman–Crippen MR) is 189 cm³/mol. The summed E-state index contributed by atoms with van der Waals surface area (Å²) >= 11 is 0. The van der Waals surface area contributed by atoms with Crippen LogP contribution in [0.2, 0.25) is 0 Å². The van der Waals surface area contributed by atoms with Gasteiger partial charge in [-0.25, -0.2) is 9.97 Å². The number of aryl methyl sites for hydroxylation is 2. The Morgan fingerprint density at radius 3 is 1.50 bits per heavy atom. The molecule has 0 atom stereocenters. The third kappa shape index (κ3) is 6.85. The number of hydrogen-bond acceptors (Lipinski definition) is 5. The van der Waals surface area contributed by atoms with Crippen LogP contribution in [0.1, 0.15) is 58.5 Å². The average molecular weight is 612 g/mol. The minimum absolute atomic E-state index is 0.102. The van der Waals surface area contributed by atoms with Crippen molar-refractivity contribution in [1.82, 2.24) is 25.5 Å². The summed E-state index contributed by atoms with van der Waals surface area (Å²) in [6.45, 7) is 7.12. The standard InChI is InChI=1S/C39H41N5O2/c1-4-26-14-16-34-30(22-26)24-28-10-6-12-32(36(28)42-34)38(45)40-18-8-20-44(3)21-9-19-41-39(46)33-13-7-11-29-25-31-23-27(5-2)15-17-35(31)43-37(29)33/h6-7,10-17,22-25H,4-5,8-9,18-21H2,1-3H3,(H,40,45)(H,41,46). The van der Waals surface area contributed by atoms with Gasteiger partial charge in [0.25, 0.3) is 11.8 Å². The fourth-order valence-corrected chi connectivity index (χ4v) is 6.03. The molecule has 0 saturated carbocycles. The van der Waals surface area contributed by atoms with Gasteiger partial charge in [0.05, 0.1) is 33.2 Å². The number of amides is 2. The molecule has 0 aliphatic heterocycles.